The molecule has 10 heavy (non-hydrogen) atoms. The minimum absolute atomic E-state index is 1.14. The molecule has 2 rings (SSSR count). The molecule has 0 saturated carbocycles. The summed E-state index contributed by atoms with van der Waals surface area (Å²) in [6.45, 7) is 8.59. The van der Waals surface area contributed by atoms with Gasteiger partial charge in [-0.15, -0.1) is 6.22 Å². The van der Waals surface area contributed by atoms with Crippen molar-refractivity contribution in [2.75, 3.05) is 0 Å². The van der Waals surface area contributed by atoms with Crippen molar-refractivity contribution in [1.82, 2.24) is 0 Å². The normalized spacial score (nSPS) is 20.9. The average molecular weight is 132 g/mol. The van der Waals surface area contributed by atoms with Gasteiger partial charge >= 0.3 is 0 Å². The lowest BCUT2D eigenvalue weighted by atomic mass is 9.74. The van der Waals surface area contributed by atoms with Crippen LogP contribution in [0.3, 0.4) is 0 Å². The van der Waals surface area contributed by atoms with Crippen LogP contribution in [0, 0.1) is 0 Å². The maximum atomic E-state index is 4.01. The Hall–Kier alpha value is -0.130. The van der Waals surface area contributed by atoms with E-state index in [0.717, 1.165) is 5.72 Å². The Kier molecular flexibility index (Phi) is 1.43. The topological polar surface area (TPSA) is 0 Å². The van der Waals surface area contributed by atoms with E-state index in [1.54, 1.807) is 6.22 Å². The summed E-state index contributed by atoms with van der Waals surface area (Å²) in [5, 5.41) is 0. The van der Waals surface area contributed by atoms with Crippen LogP contribution in [0.4, 0.5) is 0 Å². The number of fused-ring (bicyclic) bond motifs is 1. The Bertz CT molecular complexity index is 157. The maximum Gasteiger partial charge on any atom is 0.0948 e. The molecule has 0 N–H and O–H groups in total. The van der Waals surface area contributed by atoms with Gasteiger partial charge in [-0.1, -0.05) is 31.2 Å². The summed E-state index contributed by atoms with van der Waals surface area (Å²) in [6.07, 6.45) is 5.49. The Morgan fingerprint density at radius 3 is 2.70 bits per heavy atom. The summed E-state index contributed by atoms with van der Waals surface area (Å²) in [5.74, 6) is 0. The van der Waals surface area contributed by atoms with Crippen LogP contribution in [0.2, 0.25) is 11.9 Å². The number of hydrogen-bond donors (Lipinski definition) is 0. The molecule has 52 valence electrons. The lowest BCUT2D eigenvalue weighted by molar-refractivity contribution is 0.836. The van der Waals surface area contributed by atoms with Gasteiger partial charge in [0.15, 0.2) is 0 Å². The molecule has 2 heteroatoms. The second-order valence-corrected chi connectivity index (χ2v) is 3.87. The molecule has 0 bridgehead atoms. The van der Waals surface area contributed by atoms with E-state index >= 15 is 0 Å². The quantitative estimate of drug-likeness (QED) is 0.406. The largest absolute Gasteiger partial charge is 0.107 e. The molecule has 0 atom stereocenters. The van der Waals surface area contributed by atoms with E-state index < -0.39 is 0 Å². The van der Waals surface area contributed by atoms with E-state index in [9.17, 15) is 0 Å². The van der Waals surface area contributed by atoms with Gasteiger partial charge in [0.25, 0.3) is 0 Å². The van der Waals surface area contributed by atoms with E-state index in [-0.39, 0.29) is 0 Å². The van der Waals surface area contributed by atoms with Gasteiger partial charge in [-0.3, -0.25) is 0 Å². The molecule has 0 aromatic rings. The SMILES string of the molecule is C=C(CC)CCC1B2CB21. The van der Waals surface area contributed by atoms with Gasteiger partial charge in [0, 0.05) is 0 Å². The van der Waals surface area contributed by atoms with E-state index in [1.165, 1.54) is 38.0 Å². The predicted octanol–water partition coefficient (Wildman–Crippen LogP) is 2.28. The van der Waals surface area contributed by atoms with Crippen LogP contribution in [0.5, 0.6) is 0 Å². The molecule has 0 amide bonds. The predicted molar refractivity (Wildman–Crippen MR) is 48.7 cm³/mol. The van der Waals surface area contributed by atoms with E-state index in [2.05, 4.69) is 13.5 Å². The Morgan fingerprint density at radius 1 is 1.60 bits per heavy atom. The van der Waals surface area contributed by atoms with Crippen LogP contribution >= 0.6 is 0 Å². The molecule has 2 aliphatic rings. The van der Waals surface area contributed by atoms with E-state index in [0.29, 0.717) is 0 Å². The fourth-order valence-electron chi connectivity index (χ4n) is 1.89. The smallest absolute Gasteiger partial charge is 0.0948 e. The van der Waals surface area contributed by atoms with Gasteiger partial charge in [-0.25, -0.2) is 0 Å². The zero-order chi connectivity index (χ0) is 7.14. The summed E-state index contributed by atoms with van der Waals surface area (Å²) in [4.78, 5) is 0. The van der Waals surface area contributed by atoms with Crippen molar-refractivity contribution in [3.63, 3.8) is 0 Å². The summed E-state index contributed by atoms with van der Waals surface area (Å²) in [6, 6.07) is 0. The monoisotopic (exact) mass is 132 g/mol. The summed E-state index contributed by atoms with van der Waals surface area (Å²) < 4.78 is 0. The van der Waals surface area contributed by atoms with Crippen molar-refractivity contribution >= 4 is 13.2 Å². The van der Waals surface area contributed by atoms with Crippen molar-refractivity contribution in [3.8, 4) is 0 Å². The second kappa shape index (κ2) is 2.18. The van der Waals surface area contributed by atoms with Gasteiger partial charge in [0.1, 0.15) is 0 Å². The molecular formula is C8H14B2. The lowest BCUT2D eigenvalue weighted by Crippen LogP contribution is -1.90. The summed E-state index contributed by atoms with van der Waals surface area (Å²) >= 11 is 0. The van der Waals surface area contributed by atoms with Crippen molar-refractivity contribution in [3.05, 3.63) is 12.2 Å². The second-order valence-electron chi connectivity index (χ2n) is 3.87. The average Bonchev–Trinajstić information content (AvgIpc) is 2.73. The molecule has 0 aliphatic carbocycles. The minimum Gasteiger partial charge on any atom is -0.107 e. The summed E-state index contributed by atoms with van der Waals surface area (Å²) in [5.41, 5.74) is 2.59. The van der Waals surface area contributed by atoms with Crippen molar-refractivity contribution in [1.29, 1.82) is 0 Å². The molecule has 0 aromatic carbocycles. The number of allylic oxidation sites excluding steroid dienone is 1. The number of rotatable bonds is 4. The van der Waals surface area contributed by atoms with E-state index in [1.807, 2.05) is 0 Å². The molecule has 0 radical (unpaired) electrons. The van der Waals surface area contributed by atoms with Crippen LogP contribution < -0.4 is 0 Å². The Balaban J connectivity index is 1.60. The lowest BCUT2D eigenvalue weighted by Gasteiger charge is -2.04. The standard InChI is InChI=1S/C8H14B2/c1-3-7(2)4-5-8-9-6-10(8)9/h8H,2-6H2,1H3. The Morgan fingerprint density at radius 2 is 2.30 bits per heavy atom. The first-order chi connectivity index (χ1) is 4.83. The fraction of sp³-hybridized carbons (Fsp3) is 0.750. The van der Waals surface area contributed by atoms with Gasteiger partial charge in [0.2, 0.25) is 0 Å². The third kappa shape index (κ3) is 1.04. The number of hydrogen-bond acceptors (Lipinski definition) is 0. The molecule has 0 nitrogen and oxygen atoms in total. The highest BCUT2D eigenvalue weighted by atomic mass is 14.2. The third-order valence-electron chi connectivity index (χ3n) is 3.18. The van der Waals surface area contributed by atoms with Gasteiger partial charge in [-0.2, -0.15) is 0 Å². The molecule has 0 spiro atoms. The molecular weight excluding hydrogens is 118 g/mol. The summed E-state index contributed by atoms with van der Waals surface area (Å²) in [7, 11) is 0. The third-order valence-corrected chi connectivity index (χ3v) is 3.18. The van der Waals surface area contributed by atoms with Crippen LogP contribution in [-0.2, 0) is 0 Å². The zero-order valence-electron chi connectivity index (χ0n) is 6.77. The van der Waals surface area contributed by atoms with Crippen molar-refractivity contribution in [2.45, 2.75) is 38.1 Å². The highest BCUT2D eigenvalue weighted by molar-refractivity contribution is 7.59. The fourth-order valence-corrected chi connectivity index (χ4v) is 1.89. The van der Waals surface area contributed by atoms with Crippen LogP contribution in [0.1, 0.15) is 26.2 Å². The van der Waals surface area contributed by atoms with Crippen molar-refractivity contribution in [2.24, 2.45) is 0 Å². The highest BCUT2D eigenvalue weighted by Gasteiger charge is 2.67. The highest BCUT2D eigenvalue weighted by Crippen LogP contribution is 2.57. The molecule has 2 aliphatic heterocycles. The molecule has 2 saturated heterocycles. The van der Waals surface area contributed by atoms with Gasteiger partial charge in [0.05, 0.1) is 13.2 Å². The van der Waals surface area contributed by atoms with E-state index in [4.69, 9.17) is 0 Å². The van der Waals surface area contributed by atoms with Crippen LogP contribution in [0.15, 0.2) is 12.2 Å². The van der Waals surface area contributed by atoms with Crippen LogP contribution in [-0.4, -0.2) is 13.2 Å². The molecule has 2 fully saturated rings. The van der Waals surface area contributed by atoms with Gasteiger partial charge < -0.3 is 0 Å². The first-order valence-corrected chi connectivity index (χ1v) is 4.49. The molecule has 0 aromatic heterocycles. The maximum absolute atomic E-state index is 4.01. The van der Waals surface area contributed by atoms with Crippen molar-refractivity contribution < 1.29 is 0 Å². The Labute approximate surface area is 64.2 Å². The van der Waals surface area contributed by atoms with Gasteiger partial charge in [-0.05, 0) is 12.8 Å². The zero-order valence-corrected chi connectivity index (χ0v) is 6.77. The minimum atomic E-state index is 1.14. The molecule has 2 heterocycles. The van der Waals surface area contributed by atoms with Crippen LogP contribution in [0.25, 0.3) is 0 Å². The first-order valence-electron chi connectivity index (χ1n) is 4.49. The molecule has 0 unspecified atom stereocenters. The first kappa shape index (κ1) is 6.57.